The van der Waals surface area contributed by atoms with Gasteiger partial charge in [0, 0.05) is 42.4 Å². The van der Waals surface area contributed by atoms with Gasteiger partial charge in [0.25, 0.3) is 0 Å². The first kappa shape index (κ1) is 18.2. The smallest absolute Gasteiger partial charge is 0.323 e. The number of benzene rings is 1. The monoisotopic (exact) mass is 367 g/mol. The number of aryl methyl sites for hydroxylation is 2. The topological polar surface area (TPSA) is 134 Å². The van der Waals surface area contributed by atoms with Gasteiger partial charge in [0.2, 0.25) is 5.78 Å². The second kappa shape index (κ2) is 8.17. The normalized spacial score (nSPS) is 11.5. The molecule has 0 saturated carbocycles. The van der Waals surface area contributed by atoms with Crippen LogP contribution in [0.4, 0.5) is 5.69 Å². The summed E-state index contributed by atoms with van der Waals surface area (Å²) in [5, 5.41) is 2.99. The van der Waals surface area contributed by atoms with Gasteiger partial charge in [-0.25, -0.2) is 9.78 Å². The number of nitrogens with two attached hydrogens (primary N) is 1. The van der Waals surface area contributed by atoms with Gasteiger partial charge in [-0.2, -0.15) is 0 Å². The molecule has 0 amide bonds. The number of anilines is 1. The molecule has 0 spiro atoms. The van der Waals surface area contributed by atoms with Crippen molar-refractivity contribution in [3.05, 3.63) is 70.4 Å². The van der Waals surface area contributed by atoms with Crippen molar-refractivity contribution < 1.29 is 4.79 Å². The third-order valence-corrected chi connectivity index (χ3v) is 3.98. The van der Waals surface area contributed by atoms with E-state index in [1.165, 1.54) is 0 Å². The number of aromatic nitrogens is 4. The highest BCUT2D eigenvalue weighted by Gasteiger charge is 2.14. The number of H-pyrrole nitrogens is 2. The van der Waals surface area contributed by atoms with E-state index in [0.717, 1.165) is 18.7 Å². The van der Waals surface area contributed by atoms with Crippen LogP contribution in [-0.2, 0) is 6.54 Å². The predicted octanol–water partition coefficient (Wildman–Crippen LogP) is 1.26. The molecule has 0 unspecified atom stereocenters. The first-order chi connectivity index (χ1) is 13.0. The summed E-state index contributed by atoms with van der Waals surface area (Å²) in [7, 11) is 0. The minimum Gasteiger partial charge on any atom is -0.370 e. The van der Waals surface area contributed by atoms with Crippen molar-refractivity contribution in [3.8, 4) is 0 Å². The summed E-state index contributed by atoms with van der Waals surface area (Å²) in [6.45, 7) is 3.09. The van der Waals surface area contributed by atoms with Gasteiger partial charge in [0.15, 0.2) is 5.96 Å². The number of nitrogens with zero attached hydrogens (tertiary/aromatic N) is 3. The van der Waals surface area contributed by atoms with E-state index >= 15 is 0 Å². The maximum absolute atomic E-state index is 12.4. The highest BCUT2D eigenvalue weighted by atomic mass is 16.1. The molecular formula is C18H21N7O2. The summed E-state index contributed by atoms with van der Waals surface area (Å²) >= 11 is 0. The zero-order valence-corrected chi connectivity index (χ0v) is 14.9. The number of imidazole rings is 2. The van der Waals surface area contributed by atoms with Crippen molar-refractivity contribution in [2.75, 3.05) is 11.9 Å². The van der Waals surface area contributed by atoms with E-state index in [2.05, 4.69) is 25.3 Å². The number of nitrogens with one attached hydrogen (secondary N) is 3. The number of hydrogen-bond acceptors (Lipinski definition) is 4. The van der Waals surface area contributed by atoms with Crippen LogP contribution in [0, 0.1) is 6.92 Å². The zero-order valence-electron chi connectivity index (χ0n) is 14.9. The summed E-state index contributed by atoms with van der Waals surface area (Å²) in [6.07, 6.45) is 6.25. The van der Waals surface area contributed by atoms with E-state index in [4.69, 9.17) is 5.73 Å². The molecule has 140 valence electrons. The average Bonchev–Trinajstić information content (AvgIpc) is 3.28. The van der Waals surface area contributed by atoms with Gasteiger partial charge in [-0.1, -0.05) is 0 Å². The van der Waals surface area contributed by atoms with Gasteiger partial charge in [0.05, 0.1) is 6.33 Å². The summed E-state index contributed by atoms with van der Waals surface area (Å²) in [5.41, 5.74) is 7.46. The number of carbonyl (C=O) groups excluding carboxylic acids is 1. The molecule has 3 aromatic rings. The Morgan fingerprint density at radius 3 is 2.70 bits per heavy atom. The molecule has 1 aromatic carbocycles. The molecule has 0 fully saturated rings. The summed E-state index contributed by atoms with van der Waals surface area (Å²) in [5.74, 6) is 0.0593. The molecule has 0 aliphatic carbocycles. The SMILES string of the molecule is Cc1[nH]c(=O)[nH]c1C(=O)c1ccc(NC(N)=NCCCn2ccnc2)cc1. The number of ketones is 1. The Hall–Kier alpha value is -3.62. The number of guanidine groups is 1. The largest absolute Gasteiger partial charge is 0.370 e. The summed E-state index contributed by atoms with van der Waals surface area (Å²) in [6, 6.07) is 6.81. The molecule has 0 atom stereocenters. The highest BCUT2D eigenvalue weighted by molar-refractivity contribution is 6.08. The van der Waals surface area contributed by atoms with E-state index in [-0.39, 0.29) is 11.5 Å². The lowest BCUT2D eigenvalue weighted by atomic mass is 10.1. The molecule has 0 radical (unpaired) electrons. The molecule has 0 aliphatic heterocycles. The Labute approximate surface area is 155 Å². The molecule has 0 saturated heterocycles. The molecule has 5 N–H and O–H groups in total. The third-order valence-electron chi connectivity index (χ3n) is 3.98. The van der Waals surface area contributed by atoms with Gasteiger partial charge >= 0.3 is 5.69 Å². The van der Waals surface area contributed by atoms with Gasteiger partial charge in [0.1, 0.15) is 5.69 Å². The minimum atomic E-state index is -0.397. The van der Waals surface area contributed by atoms with Gasteiger partial charge in [-0.3, -0.25) is 9.79 Å². The van der Waals surface area contributed by atoms with Crippen LogP contribution in [0.25, 0.3) is 0 Å². The van der Waals surface area contributed by atoms with E-state index in [9.17, 15) is 9.59 Å². The van der Waals surface area contributed by atoms with Gasteiger partial charge in [-0.15, -0.1) is 0 Å². The Morgan fingerprint density at radius 1 is 1.30 bits per heavy atom. The van der Waals surface area contributed by atoms with Crippen molar-refractivity contribution >= 4 is 17.4 Å². The Morgan fingerprint density at radius 2 is 2.07 bits per heavy atom. The standard InChI is InChI=1S/C18H21N7O2/c1-12-15(24-18(27)22-12)16(26)13-3-5-14(6-4-13)23-17(19)21-7-2-9-25-10-8-20-11-25/h3-6,8,10-11H,2,7,9H2,1H3,(H3,19,21,23)(H2,22,24,27). The highest BCUT2D eigenvalue weighted by Crippen LogP contribution is 2.13. The summed E-state index contributed by atoms with van der Waals surface area (Å²) < 4.78 is 1.98. The van der Waals surface area contributed by atoms with Crippen LogP contribution in [0.15, 0.2) is 52.8 Å². The van der Waals surface area contributed by atoms with Crippen LogP contribution >= 0.6 is 0 Å². The lowest BCUT2D eigenvalue weighted by Gasteiger charge is -2.07. The molecular weight excluding hydrogens is 346 g/mol. The fourth-order valence-corrected chi connectivity index (χ4v) is 2.61. The second-order valence-electron chi connectivity index (χ2n) is 6.03. The molecule has 2 aromatic heterocycles. The number of carbonyl (C=O) groups is 1. The fraction of sp³-hybridized carbons (Fsp3) is 0.222. The van der Waals surface area contributed by atoms with E-state index in [0.29, 0.717) is 23.8 Å². The quantitative estimate of drug-likeness (QED) is 0.216. The Balaban J connectivity index is 1.55. The van der Waals surface area contributed by atoms with Crippen LogP contribution in [0.2, 0.25) is 0 Å². The average molecular weight is 367 g/mol. The molecule has 9 nitrogen and oxygen atoms in total. The van der Waals surface area contributed by atoms with Crippen molar-refractivity contribution in [3.63, 3.8) is 0 Å². The van der Waals surface area contributed by atoms with Crippen molar-refractivity contribution in [2.24, 2.45) is 10.7 Å². The number of aliphatic imine (C=N–C) groups is 1. The van der Waals surface area contributed by atoms with Crippen LogP contribution in [0.3, 0.4) is 0 Å². The zero-order chi connectivity index (χ0) is 19.2. The molecule has 0 aliphatic rings. The maximum atomic E-state index is 12.4. The Bertz CT molecular complexity index is 982. The van der Waals surface area contributed by atoms with Gasteiger partial charge in [-0.05, 0) is 37.6 Å². The van der Waals surface area contributed by atoms with Crippen LogP contribution in [-0.4, -0.2) is 37.8 Å². The molecule has 2 heterocycles. The van der Waals surface area contributed by atoms with Gasteiger partial charge < -0.3 is 25.6 Å². The number of hydrogen-bond donors (Lipinski definition) is 4. The van der Waals surface area contributed by atoms with E-state index in [1.54, 1.807) is 43.7 Å². The Kier molecular flexibility index (Phi) is 5.50. The predicted molar refractivity (Wildman–Crippen MR) is 103 cm³/mol. The third kappa shape index (κ3) is 4.72. The second-order valence-corrected chi connectivity index (χ2v) is 6.03. The lowest BCUT2D eigenvalue weighted by Crippen LogP contribution is -2.23. The van der Waals surface area contributed by atoms with Crippen molar-refractivity contribution in [1.29, 1.82) is 0 Å². The van der Waals surface area contributed by atoms with E-state index in [1.807, 2.05) is 10.8 Å². The van der Waals surface area contributed by atoms with Crippen molar-refractivity contribution in [1.82, 2.24) is 19.5 Å². The van der Waals surface area contributed by atoms with Crippen molar-refractivity contribution in [2.45, 2.75) is 19.9 Å². The van der Waals surface area contributed by atoms with Crippen LogP contribution < -0.4 is 16.7 Å². The lowest BCUT2D eigenvalue weighted by molar-refractivity contribution is 0.103. The first-order valence-corrected chi connectivity index (χ1v) is 8.49. The molecule has 9 heteroatoms. The first-order valence-electron chi connectivity index (χ1n) is 8.49. The molecule has 3 rings (SSSR count). The number of aromatic amines is 2. The van der Waals surface area contributed by atoms with Crippen LogP contribution in [0.1, 0.15) is 28.2 Å². The minimum absolute atomic E-state index is 0.251. The van der Waals surface area contributed by atoms with E-state index < -0.39 is 5.69 Å². The molecule has 0 bridgehead atoms. The number of rotatable bonds is 7. The summed E-state index contributed by atoms with van der Waals surface area (Å²) in [4.78, 5) is 37.0. The molecule has 27 heavy (non-hydrogen) atoms. The van der Waals surface area contributed by atoms with Crippen LogP contribution in [0.5, 0.6) is 0 Å². The fourth-order valence-electron chi connectivity index (χ4n) is 2.61. The maximum Gasteiger partial charge on any atom is 0.323 e.